The molecule has 1 rings (SSSR count). The molecule has 0 radical (unpaired) electrons. The molecule has 0 saturated carbocycles. The molecule has 0 aliphatic carbocycles. The van der Waals surface area contributed by atoms with Crippen molar-refractivity contribution in [1.82, 2.24) is 5.32 Å². The molecule has 4 nitrogen and oxygen atoms in total. The van der Waals surface area contributed by atoms with E-state index in [1.165, 1.54) is 5.56 Å². The van der Waals surface area contributed by atoms with E-state index in [0.717, 1.165) is 13.0 Å². The fraction of sp³-hybridized carbons (Fsp3) is 0.500. The fourth-order valence-electron chi connectivity index (χ4n) is 1.72. The van der Waals surface area contributed by atoms with Crippen molar-refractivity contribution in [2.24, 2.45) is 16.3 Å². The molecule has 0 bridgehead atoms. The van der Waals surface area contributed by atoms with Crippen molar-refractivity contribution >= 4 is 5.84 Å². The molecule has 0 amide bonds. The van der Waals surface area contributed by atoms with Crippen LogP contribution in [-0.4, -0.2) is 17.6 Å². The van der Waals surface area contributed by atoms with Crippen LogP contribution in [0.2, 0.25) is 0 Å². The lowest BCUT2D eigenvalue weighted by Crippen LogP contribution is -2.35. The Kier molecular flexibility index (Phi) is 5.16. The number of nitrogens with one attached hydrogen (secondary N) is 1. The van der Waals surface area contributed by atoms with Gasteiger partial charge in [-0.2, -0.15) is 0 Å². The largest absolute Gasteiger partial charge is 0.409 e. The summed E-state index contributed by atoms with van der Waals surface area (Å²) in [5.74, 6) is 0.275. The van der Waals surface area contributed by atoms with E-state index in [4.69, 9.17) is 10.9 Å². The van der Waals surface area contributed by atoms with Gasteiger partial charge in [0.25, 0.3) is 0 Å². The quantitative estimate of drug-likeness (QED) is 0.314. The maximum Gasteiger partial charge on any atom is 0.144 e. The van der Waals surface area contributed by atoms with Gasteiger partial charge in [-0.15, -0.1) is 0 Å². The number of amidine groups is 1. The number of nitrogens with two attached hydrogens (primary N) is 1. The molecule has 18 heavy (non-hydrogen) atoms. The maximum absolute atomic E-state index is 8.70. The standard InChI is InChI=1S/C14H23N3O/c1-11(12-7-5-4-6-8-12)16-10-9-14(2,3)13(15)17-18/h4-8,11,16,18H,9-10H2,1-3H3,(H2,15,17)/t11-/m1/s1. The number of nitrogens with zero attached hydrogens (tertiary/aromatic N) is 1. The zero-order valence-electron chi connectivity index (χ0n) is 11.4. The SMILES string of the molecule is C[C@@H](NCCC(C)(C)C(N)=NO)c1ccccc1. The highest BCUT2D eigenvalue weighted by Crippen LogP contribution is 2.20. The van der Waals surface area contributed by atoms with Gasteiger partial charge in [0.1, 0.15) is 5.84 Å². The second kappa shape index (κ2) is 6.40. The Balaban J connectivity index is 2.43. The Morgan fingerprint density at radius 1 is 1.39 bits per heavy atom. The van der Waals surface area contributed by atoms with Crippen molar-refractivity contribution in [3.63, 3.8) is 0 Å². The van der Waals surface area contributed by atoms with Crippen LogP contribution in [0.4, 0.5) is 0 Å². The smallest absolute Gasteiger partial charge is 0.144 e. The van der Waals surface area contributed by atoms with Crippen LogP contribution in [0.3, 0.4) is 0 Å². The van der Waals surface area contributed by atoms with Crippen molar-refractivity contribution in [2.75, 3.05) is 6.54 Å². The molecule has 0 aliphatic heterocycles. The van der Waals surface area contributed by atoms with E-state index in [-0.39, 0.29) is 11.3 Å². The Hall–Kier alpha value is -1.55. The monoisotopic (exact) mass is 249 g/mol. The van der Waals surface area contributed by atoms with E-state index in [0.29, 0.717) is 6.04 Å². The summed E-state index contributed by atoms with van der Waals surface area (Å²) >= 11 is 0. The molecule has 0 aliphatic rings. The van der Waals surface area contributed by atoms with Crippen LogP contribution in [-0.2, 0) is 0 Å². The fourth-order valence-corrected chi connectivity index (χ4v) is 1.72. The number of hydrogen-bond donors (Lipinski definition) is 3. The topological polar surface area (TPSA) is 70.6 Å². The highest BCUT2D eigenvalue weighted by atomic mass is 16.4. The van der Waals surface area contributed by atoms with Gasteiger partial charge in [-0.25, -0.2) is 0 Å². The van der Waals surface area contributed by atoms with Crippen molar-refractivity contribution in [3.05, 3.63) is 35.9 Å². The second-order valence-corrected chi connectivity index (χ2v) is 5.21. The lowest BCUT2D eigenvalue weighted by atomic mass is 9.88. The van der Waals surface area contributed by atoms with Crippen LogP contribution in [0.1, 0.15) is 38.8 Å². The van der Waals surface area contributed by atoms with Crippen molar-refractivity contribution < 1.29 is 5.21 Å². The minimum absolute atomic E-state index is 0.275. The Morgan fingerprint density at radius 2 is 2.00 bits per heavy atom. The molecule has 0 unspecified atom stereocenters. The average Bonchev–Trinajstić information content (AvgIpc) is 2.38. The Morgan fingerprint density at radius 3 is 2.56 bits per heavy atom. The van der Waals surface area contributed by atoms with E-state index in [1.54, 1.807) is 0 Å². The molecule has 0 fully saturated rings. The average molecular weight is 249 g/mol. The molecule has 1 aromatic rings. The van der Waals surface area contributed by atoms with E-state index in [1.807, 2.05) is 32.0 Å². The van der Waals surface area contributed by atoms with Gasteiger partial charge in [-0.3, -0.25) is 0 Å². The molecule has 100 valence electrons. The molecule has 0 saturated heterocycles. The van der Waals surface area contributed by atoms with E-state index in [9.17, 15) is 0 Å². The summed E-state index contributed by atoms with van der Waals surface area (Å²) in [6.45, 7) is 6.89. The second-order valence-electron chi connectivity index (χ2n) is 5.21. The van der Waals surface area contributed by atoms with Gasteiger partial charge >= 0.3 is 0 Å². The lowest BCUT2D eigenvalue weighted by Gasteiger charge is -2.24. The number of oxime groups is 1. The Labute approximate surface area is 109 Å². The lowest BCUT2D eigenvalue weighted by molar-refractivity contribution is 0.304. The molecule has 4 N–H and O–H groups in total. The van der Waals surface area contributed by atoms with Crippen LogP contribution < -0.4 is 11.1 Å². The molecule has 0 aromatic heterocycles. The van der Waals surface area contributed by atoms with E-state index < -0.39 is 0 Å². The predicted molar refractivity (Wildman–Crippen MR) is 74.7 cm³/mol. The summed E-state index contributed by atoms with van der Waals surface area (Å²) in [6, 6.07) is 10.6. The van der Waals surface area contributed by atoms with Crippen LogP contribution in [0.5, 0.6) is 0 Å². The molecule has 1 atom stereocenters. The third-order valence-corrected chi connectivity index (χ3v) is 3.30. The highest BCUT2D eigenvalue weighted by Gasteiger charge is 2.23. The molecule has 0 spiro atoms. The van der Waals surface area contributed by atoms with E-state index in [2.05, 4.69) is 29.5 Å². The summed E-state index contributed by atoms with van der Waals surface area (Å²) in [5.41, 5.74) is 6.62. The van der Waals surface area contributed by atoms with Gasteiger partial charge in [0, 0.05) is 11.5 Å². The van der Waals surface area contributed by atoms with Crippen molar-refractivity contribution in [3.8, 4) is 0 Å². The van der Waals surface area contributed by atoms with Gasteiger partial charge in [-0.1, -0.05) is 49.3 Å². The van der Waals surface area contributed by atoms with Crippen LogP contribution >= 0.6 is 0 Å². The van der Waals surface area contributed by atoms with Crippen LogP contribution in [0.15, 0.2) is 35.5 Å². The predicted octanol–water partition coefficient (Wildman–Crippen LogP) is 2.50. The molecular weight excluding hydrogens is 226 g/mol. The number of hydrogen-bond acceptors (Lipinski definition) is 3. The van der Waals surface area contributed by atoms with Crippen LogP contribution in [0, 0.1) is 5.41 Å². The van der Waals surface area contributed by atoms with Gasteiger partial charge < -0.3 is 16.3 Å². The van der Waals surface area contributed by atoms with Gasteiger partial charge in [0.15, 0.2) is 0 Å². The molecular formula is C14H23N3O. The summed E-state index contributed by atoms with van der Waals surface area (Å²) in [7, 11) is 0. The first-order valence-corrected chi connectivity index (χ1v) is 6.23. The van der Waals surface area contributed by atoms with Gasteiger partial charge in [0.2, 0.25) is 0 Å². The third-order valence-electron chi connectivity index (χ3n) is 3.30. The normalized spacial score (nSPS) is 14.5. The zero-order valence-corrected chi connectivity index (χ0v) is 11.4. The minimum atomic E-state index is -0.293. The Bertz CT molecular complexity index is 387. The summed E-state index contributed by atoms with van der Waals surface area (Å²) in [6.07, 6.45) is 0.820. The zero-order chi connectivity index (χ0) is 13.6. The van der Waals surface area contributed by atoms with E-state index >= 15 is 0 Å². The number of benzene rings is 1. The minimum Gasteiger partial charge on any atom is -0.409 e. The molecule has 1 aromatic carbocycles. The van der Waals surface area contributed by atoms with Crippen molar-refractivity contribution in [1.29, 1.82) is 0 Å². The number of rotatable bonds is 6. The first kappa shape index (κ1) is 14.5. The molecule has 0 heterocycles. The van der Waals surface area contributed by atoms with Gasteiger partial charge in [0.05, 0.1) is 0 Å². The first-order chi connectivity index (χ1) is 8.47. The van der Waals surface area contributed by atoms with Crippen molar-refractivity contribution in [2.45, 2.75) is 33.2 Å². The van der Waals surface area contributed by atoms with Gasteiger partial charge in [-0.05, 0) is 25.5 Å². The third kappa shape index (κ3) is 4.04. The first-order valence-electron chi connectivity index (χ1n) is 6.23. The highest BCUT2D eigenvalue weighted by molar-refractivity contribution is 5.85. The molecule has 4 heteroatoms. The summed E-state index contributed by atoms with van der Waals surface area (Å²) in [5, 5.41) is 15.2. The maximum atomic E-state index is 8.70. The summed E-state index contributed by atoms with van der Waals surface area (Å²) in [4.78, 5) is 0. The summed E-state index contributed by atoms with van der Waals surface area (Å²) < 4.78 is 0. The van der Waals surface area contributed by atoms with Crippen LogP contribution in [0.25, 0.3) is 0 Å².